The van der Waals surface area contributed by atoms with Gasteiger partial charge in [-0.3, -0.25) is 0 Å². The van der Waals surface area contributed by atoms with Gasteiger partial charge in [0.1, 0.15) is 0 Å². The van der Waals surface area contributed by atoms with Gasteiger partial charge in [-0.25, -0.2) is 0 Å². The van der Waals surface area contributed by atoms with Crippen molar-refractivity contribution in [3.05, 3.63) is 34.9 Å². The standard InChI is InChI=1S/C15H23N/c1-12-7-6-8-14(13(12)2)11-16-15(3)9-4-5-10-15/h6-8,16H,4-5,9-11H2,1-3H3. The summed E-state index contributed by atoms with van der Waals surface area (Å²) in [6.07, 6.45) is 5.43. The van der Waals surface area contributed by atoms with Crippen LogP contribution in [0.5, 0.6) is 0 Å². The van der Waals surface area contributed by atoms with E-state index in [4.69, 9.17) is 0 Å². The second-order valence-corrected chi connectivity index (χ2v) is 5.48. The SMILES string of the molecule is Cc1cccc(CNC2(C)CCCC2)c1C. The van der Waals surface area contributed by atoms with Crippen molar-refractivity contribution < 1.29 is 0 Å². The first-order valence-corrected chi connectivity index (χ1v) is 6.41. The summed E-state index contributed by atoms with van der Waals surface area (Å²) in [6, 6.07) is 6.60. The van der Waals surface area contributed by atoms with Crippen LogP contribution in [0.2, 0.25) is 0 Å². The molecule has 0 unspecified atom stereocenters. The van der Waals surface area contributed by atoms with Gasteiger partial charge >= 0.3 is 0 Å². The molecule has 0 aromatic heterocycles. The zero-order chi connectivity index (χ0) is 11.6. The lowest BCUT2D eigenvalue weighted by Gasteiger charge is -2.26. The third-order valence-corrected chi connectivity index (χ3v) is 4.13. The van der Waals surface area contributed by atoms with Crippen molar-refractivity contribution in [2.75, 3.05) is 0 Å². The lowest BCUT2D eigenvalue weighted by atomic mass is 9.98. The van der Waals surface area contributed by atoms with Crippen LogP contribution in [0.25, 0.3) is 0 Å². The normalized spacial score (nSPS) is 18.9. The summed E-state index contributed by atoms with van der Waals surface area (Å²) < 4.78 is 0. The fourth-order valence-electron chi connectivity index (χ4n) is 2.64. The van der Waals surface area contributed by atoms with E-state index in [2.05, 4.69) is 44.3 Å². The van der Waals surface area contributed by atoms with E-state index in [-0.39, 0.29) is 0 Å². The molecule has 1 aliphatic carbocycles. The Labute approximate surface area is 99.3 Å². The maximum Gasteiger partial charge on any atom is 0.0213 e. The van der Waals surface area contributed by atoms with Crippen LogP contribution in [0.1, 0.15) is 49.3 Å². The number of nitrogens with one attached hydrogen (secondary N) is 1. The summed E-state index contributed by atoms with van der Waals surface area (Å²) >= 11 is 0. The molecule has 0 spiro atoms. The fourth-order valence-corrected chi connectivity index (χ4v) is 2.64. The highest BCUT2D eigenvalue weighted by Gasteiger charge is 2.27. The Bertz CT molecular complexity index is 362. The molecule has 0 amide bonds. The Morgan fingerprint density at radius 2 is 1.88 bits per heavy atom. The third-order valence-electron chi connectivity index (χ3n) is 4.13. The molecule has 0 bridgehead atoms. The van der Waals surface area contributed by atoms with Gasteiger partial charge in [-0.15, -0.1) is 0 Å². The minimum atomic E-state index is 0.385. The number of aryl methyl sites for hydroxylation is 1. The first kappa shape index (κ1) is 11.7. The molecule has 0 aliphatic heterocycles. The zero-order valence-corrected chi connectivity index (χ0v) is 10.8. The highest BCUT2D eigenvalue weighted by Crippen LogP contribution is 2.29. The summed E-state index contributed by atoms with van der Waals surface area (Å²) in [5.41, 5.74) is 4.68. The number of rotatable bonds is 3. The minimum absolute atomic E-state index is 0.385. The van der Waals surface area contributed by atoms with Gasteiger partial charge in [-0.2, -0.15) is 0 Å². The molecule has 1 N–H and O–H groups in total. The Hall–Kier alpha value is -0.820. The van der Waals surface area contributed by atoms with Gasteiger partial charge in [-0.1, -0.05) is 31.0 Å². The quantitative estimate of drug-likeness (QED) is 0.813. The minimum Gasteiger partial charge on any atom is -0.307 e. The predicted octanol–water partition coefficient (Wildman–Crippen LogP) is 3.73. The number of benzene rings is 1. The van der Waals surface area contributed by atoms with Gasteiger partial charge in [0.15, 0.2) is 0 Å². The van der Waals surface area contributed by atoms with Crippen molar-refractivity contribution in [2.24, 2.45) is 0 Å². The Kier molecular flexibility index (Phi) is 3.34. The van der Waals surface area contributed by atoms with Crippen LogP contribution in [-0.2, 0) is 6.54 Å². The van der Waals surface area contributed by atoms with Crippen LogP contribution in [0.3, 0.4) is 0 Å². The summed E-state index contributed by atoms with van der Waals surface area (Å²) in [5, 5.41) is 3.74. The molecule has 0 radical (unpaired) electrons. The smallest absolute Gasteiger partial charge is 0.0213 e. The van der Waals surface area contributed by atoms with Gasteiger partial charge in [0, 0.05) is 12.1 Å². The van der Waals surface area contributed by atoms with Crippen LogP contribution in [0, 0.1) is 13.8 Å². The van der Waals surface area contributed by atoms with E-state index in [9.17, 15) is 0 Å². The van der Waals surface area contributed by atoms with Gasteiger partial charge in [-0.05, 0) is 50.3 Å². The number of hydrogen-bond acceptors (Lipinski definition) is 1. The van der Waals surface area contributed by atoms with Crippen molar-refractivity contribution in [2.45, 2.75) is 58.5 Å². The average molecular weight is 217 g/mol. The molecule has 1 aliphatic rings. The van der Waals surface area contributed by atoms with Gasteiger partial charge in [0.05, 0.1) is 0 Å². The molecule has 0 heterocycles. The average Bonchev–Trinajstić information content (AvgIpc) is 2.68. The highest BCUT2D eigenvalue weighted by atomic mass is 15.0. The van der Waals surface area contributed by atoms with Crippen LogP contribution in [0.4, 0.5) is 0 Å². The molecular weight excluding hydrogens is 194 g/mol. The van der Waals surface area contributed by atoms with Gasteiger partial charge in [0.2, 0.25) is 0 Å². The van der Waals surface area contributed by atoms with Crippen molar-refractivity contribution >= 4 is 0 Å². The Morgan fingerprint density at radius 1 is 1.19 bits per heavy atom. The van der Waals surface area contributed by atoms with E-state index in [0.29, 0.717) is 5.54 Å². The van der Waals surface area contributed by atoms with E-state index in [0.717, 1.165) is 6.54 Å². The molecule has 1 heteroatoms. The van der Waals surface area contributed by atoms with E-state index < -0.39 is 0 Å². The van der Waals surface area contributed by atoms with E-state index >= 15 is 0 Å². The summed E-state index contributed by atoms with van der Waals surface area (Å²) in [7, 11) is 0. The topological polar surface area (TPSA) is 12.0 Å². The first-order valence-electron chi connectivity index (χ1n) is 6.41. The zero-order valence-electron chi connectivity index (χ0n) is 10.8. The van der Waals surface area contributed by atoms with Crippen LogP contribution in [-0.4, -0.2) is 5.54 Å². The lowest BCUT2D eigenvalue weighted by molar-refractivity contribution is 0.362. The molecule has 0 saturated heterocycles. The second kappa shape index (κ2) is 4.58. The van der Waals surface area contributed by atoms with Crippen molar-refractivity contribution in [3.8, 4) is 0 Å². The van der Waals surface area contributed by atoms with Crippen LogP contribution < -0.4 is 5.32 Å². The van der Waals surface area contributed by atoms with Gasteiger partial charge < -0.3 is 5.32 Å². The van der Waals surface area contributed by atoms with Crippen LogP contribution in [0.15, 0.2) is 18.2 Å². The monoisotopic (exact) mass is 217 g/mol. The molecule has 0 atom stereocenters. The third kappa shape index (κ3) is 2.46. The molecule has 1 aromatic rings. The molecule has 1 nitrogen and oxygen atoms in total. The number of hydrogen-bond donors (Lipinski definition) is 1. The largest absolute Gasteiger partial charge is 0.307 e. The summed E-state index contributed by atoms with van der Waals surface area (Å²) in [6.45, 7) is 7.80. The fraction of sp³-hybridized carbons (Fsp3) is 0.600. The maximum atomic E-state index is 3.74. The summed E-state index contributed by atoms with van der Waals surface area (Å²) in [4.78, 5) is 0. The molecular formula is C15H23N. The maximum absolute atomic E-state index is 3.74. The van der Waals surface area contributed by atoms with Crippen molar-refractivity contribution in [3.63, 3.8) is 0 Å². The molecule has 1 fully saturated rings. The van der Waals surface area contributed by atoms with Gasteiger partial charge in [0.25, 0.3) is 0 Å². The highest BCUT2D eigenvalue weighted by molar-refractivity contribution is 5.33. The van der Waals surface area contributed by atoms with Crippen molar-refractivity contribution in [1.82, 2.24) is 5.32 Å². The molecule has 88 valence electrons. The first-order chi connectivity index (χ1) is 7.61. The predicted molar refractivity (Wildman–Crippen MR) is 69.6 cm³/mol. The van der Waals surface area contributed by atoms with Crippen LogP contribution >= 0.6 is 0 Å². The van der Waals surface area contributed by atoms with E-state index in [1.807, 2.05) is 0 Å². The van der Waals surface area contributed by atoms with Crippen molar-refractivity contribution in [1.29, 1.82) is 0 Å². The molecule has 16 heavy (non-hydrogen) atoms. The summed E-state index contributed by atoms with van der Waals surface area (Å²) in [5.74, 6) is 0. The molecule has 1 saturated carbocycles. The second-order valence-electron chi connectivity index (χ2n) is 5.48. The van der Waals surface area contributed by atoms with E-state index in [1.54, 1.807) is 0 Å². The molecule has 1 aromatic carbocycles. The lowest BCUT2D eigenvalue weighted by Crippen LogP contribution is -2.38. The Morgan fingerprint density at radius 3 is 2.56 bits per heavy atom. The molecule has 2 rings (SSSR count). The Balaban J connectivity index is 2.02. The van der Waals surface area contributed by atoms with E-state index in [1.165, 1.54) is 42.4 Å².